The molecule has 0 saturated carbocycles. The molecule has 2 unspecified atom stereocenters. The fraction of sp³-hybridized carbons (Fsp3) is 0.867. The van der Waals surface area contributed by atoms with E-state index in [1.165, 1.54) is 0 Å². The molecular formula is C15H29NO4. The zero-order chi connectivity index (χ0) is 16.3. The first-order valence-corrected chi connectivity index (χ1v) is 6.92. The molecule has 20 heavy (non-hydrogen) atoms. The summed E-state index contributed by atoms with van der Waals surface area (Å²) in [5.74, 6) is -0.703. The first-order chi connectivity index (χ1) is 8.74. The van der Waals surface area contributed by atoms with Crippen LogP contribution in [-0.2, 0) is 19.1 Å². The number of nitrogens with zero attached hydrogens (tertiary/aromatic N) is 1. The molecule has 0 rings (SSSR count). The molecule has 0 spiro atoms. The maximum absolute atomic E-state index is 12.0. The number of hydrogen-bond donors (Lipinski definition) is 0. The van der Waals surface area contributed by atoms with Crippen molar-refractivity contribution >= 4 is 11.9 Å². The zero-order valence-electron chi connectivity index (χ0n) is 14.2. The van der Waals surface area contributed by atoms with Gasteiger partial charge in [-0.2, -0.15) is 0 Å². The average molecular weight is 287 g/mol. The molecule has 0 aromatic carbocycles. The van der Waals surface area contributed by atoms with Gasteiger partial charge in [0.15, 0.2) is 0 Å². The van der Waals surface area contributed by atoms with Gasteiger partial charge in [-0.15, -0.1) is 0 Å². The molecule has 0 radical (unpaired) electrons. The van der Waals surface area contributed by atoms with Crippen LogP contribution in [0.25, 0.3) is 0 Å². The molecule has 0 heterocycles. The van der Waals surface area contributed by atoms with Crippen molar-refractivity contribution in [2.24, 2.45) is 0 Å². The van der Waals surface area contributed by atoms with Gasteiger partial charge < -0.3 is 9.47 Å². The molecule has 0 aliphatic carbocycles. The van der Waals surface area contributed by atoms with Crippen LogP contribution in [0.5, 0.6) is 0 Å². The second-order valence-electron chi connectivity index (χ2n) is 7.08. The predicted octanol–water partition coefficient (Wildman–Crippen LogP) is 2.38. The molecule has 0 aromatic rings. The molecule has 0 amide bonds. The summed E-state index contributed by atoms with van der Waals surface area (Å²) in [5.41, 5.74) is -1.08. The lowest BCUT2D eigenvalue weighted by Crippen LogP contribution is -2.48. The van der Waals surface area contributed by atoms with Gasteiger partial charge in [-0.1, -0.05) is 0 Å². The van der Waals surface area contributed by atoms with Crippen LogP contribution in [-0.4, -0.2) is 47.2 Å². The van der Waals surface area contributed by atoms with Gasteiger partial charge in [-0.25, -0.2) is 0 Å². The van der Waals surface area contributed by atoms with Crippen LogP contribution >= 0.6 is 0 Å². The average Bonchev–Trinajstić information content (AvgIpc) is 2.21. The SMILES string of the molecule is CC(C(=O)OC(C)(C)C)N(C)C(C)C(=O)OC(C)(C)C. The van der Waals surface area contributed by atoms with E-state index in [1.807, 2.05) is 41.5 Å². The topological polar surface area (TPSA) is 55.8 Å². The molecule has 0 saturated heterocycles. The Bertz CT molecular complexity index is 318. The number of carbonyl (C=O) groups is 2. The largest absolute Gasteiger partial charge is 0.459 e. The summed E-state index contributed by atoms with van der Waals surface area (Å²) in [6, 6.07) is -1.03. The molecule has 5 nitrogen and oxygen atoms in total. The monoisotopic (exact) mass is 287 g/mol. The highest BCUT2D eigenvalue weighted by molar-refractivity contribution is 5.79. The third-order valence-corrected chi connectivity index (χ3v) is 2.72. The van der Waals surface area contributed by atoms with Gasteiger partial charge in [0.1, 0.15) is 23.3 Å². The van der Waals surface area contributed by atoms with Gasteiger partial charge in [0.25, 0.3) is 0 Å². The molecule has 0 N–H and O–H groups in total. The van der Waals surface area contributed by atoms with E-state index in [1.54, 1.807) is 25.8 Å². The molecule has 0 aromatic heterocycles. The lowest BCUT2D eigenvalue weighted by molar-refractivity contribution is -0.166. The summed E-state index contributed by atoms with van der Waals surface area (Å²) < 4.78 is 10.6. The Kier molecular flexibility index (Phi) is 6.21. The van der Waals surface area contributed by atoms with E-state index in [0.717, 1.165) is 0 Å². The second kappa shape index (κ2) is 6.57. The minimum absolute atomic E-state index is 0.351. The molecular weight excluding hydrogens is 258 g/mol. The van der Waals surface area contributed by atoms with Gasteiger partial charge in [0.2, 0.25) is 0 Å². The summed E-state index contributed by atoms with van der Waals surface area (Å²) in [5, 5.41) is 0. The van der Waals surface area contributed by atoms with Crippen molar-refractivity contribution in [1.82, 2.24) is 4.90 Å². The van der Waals surface area contributed by atoms with Crippen LogP contribution in [0.4, 0.5) is 0 Å². The van der Waals surface area contributed by atoms with Crippen molar-refractivity contribution in [2.45, 2.75) is 78.7 Å². The lowest BCUT2D eigenvalue weighted by Gasteiger charge is -2.32. The van der Waals surface area contributed by atoms with E-state index < -0.39 is 23.3 Å². The third kappa shape index (κ3) is 6.89. The Morgan fingerprint density at radius 3 is 1.25 bits per heavy atom. The number of likely N-dealkylation sites (N-methyl/N-ethyl adjacent to an activating group) is 1. The fourth-order valence-electron chi connectivity index (χ4n) is 1.44. The van der Waals surface area contributed by atoms with Crippen LogP contribution < -0.4 is 0 Å². The van der Waals surface area contributed by atoms with E-state index >= 15 is 0 Å². The van der Waals surface area contributed by atoms with E-state index in [2.05, 4.69) is 0 Å². The van der Waals surface area contributed by atoms with Crippen LogP contribution in [0.1, 0.15) is 55.4 Å². The number of ether oxygens (including phenoxy) is 2. The van der Waals surface area contributed by atoms with Gasteiger partial charge in [-0.3, -0.25) is 14.5 Å². The van der Waals surface area contributed by atoms with Gasteiger partial charge in [-0.05, 0) is 62.4 Å². The first kappa shape index (κ1) is 18.9. The lowest BCUT2D eigenvalue weighted by atomic mass is 10.1. The van der Waals surface area contributed by atoms with Crippen molar-refractivity contribution < 1.29 is 19.1 Å². The summed E-state index contributed by atoms with van der Waals surface area (Å²) in [6.07, 6.45) is 0. The maximum Gasteiger partial charge on any atom is 0.323 e. The molecule has 0 aliphatic heterocycles. The highest BCUT2D eigenvalue weighted by atomic mass is 16.6. The fourth-order valence-corrected chi connectivity index (χ4v) is 1.44. The standard InChI is InChI=1S/C15H29NO4/c1-10(12(17)19-14(3,4)5)16(9)11(2)13(18)20-15(6,7)8/h10-11H,1-9H3. The van der Waals surface area contributed by atoms with Gasteiger partial charge in [0.05, 0.1) is 0 Å². The van der Waals surface area contributed by atoms with E-state index in [9.17, 15) is 9.59 Å². The number of carbonyl (C=O) groups excluding carboxylic acids is 2. The maximum atomic E-state index is 12.0. The van der Waals surface area contributed by atoms with Gasteiger partial charge in [0, 0.05) is 0 Å². The van der Waals surface area contributed by atoms with Crippen LogP contribution in [0.15, 0.2) is 0 Å². The number of esters is 2. The minimum Gasteiger partial charge on any atom is -0.459 e. The summed E-state index contributed by atoms with van der Waals surface area (Å²) in [6.45, 7) is 14.3. The Morgan fingerprint density at radius 1 is 0.800 bits per heavy atom. The molecule has 0 bridgehead atoms. The molecule has 0 aliphatic rings. The number of hydrogen-bond acceptors (Lipinski definition) is 5. The van der Waals surface area contributed by atoms with Gasteiger partial charge >= 0.3 is 11.9 Å². The van der Waals surface area contributed by atoms with Crippen molar-refractivity contribution in [3.63, 3.8) is 0 Å². The van der Waals surface area contributed by atoms with Crippen LogP contribution in [0, 0.1) is 0 Å². The first-order valence-electron chi connectivity index (χ1n) is 6.92. The zero-order valence-corrected chi connectivity index (χ0v) is 14.2. The van der Waals surface area contributed by atoms with E-state index in [4.69, 9.17) is 9.47 Å². The Balaban J connectivity index is 4.68. The highest BCUT2D eigenvalue weighted by Gasteiger charge is 2.32. The van der Waals surface area contributed by atoms with Crippen molar-refractivity contribution in [1.29, 1.82) is 0 Å². The van der Waals surface area contributed by atoms with Crippen molar-refractivity contribution in [3.05, 3.63) is 0 Å². The normalized spacial score (nSPS) is 15.7. The Morgan fingerprint density at radius 2 is 1.05 bits per heavy atom. The van der Waals surface area contributed by atoms with Crippen LogP contribution in [0.3, 0.4) is 0 Å². The third-order valence-electron chi connectivity index (χ3n) is 2.72. The molecule has 5 heteroatoms. The summed E-state index contributed by atoms with van der Waals surface area (Å²) in [7, 11) is 1.71. The van der Waals surface area contributed by atoms with E-state index in [0.29, 0.717) is 0 Å². The summed E-state index contributed by atoms with van der Waals surface area (Å²) >= 11 is 0. The minimum atomic E-state index is -0.540. The van der Waals surface area contributed by atoms with Crippen LogP contribution in [0.2, 0.25) is 0 Å². The smallest absolute Gasteiger partial charge is 0.323 e. The molecule has 2 atom stereocenters. The Labute approximate surface area is 122 Å². The predicted molar refractivity (Wildman–Crippen MR) is 78.4 cm³/mol. The molecule has 118 valence electrons. The molecule has 0 fully saturated rings. The second-order valence-corrected chi connectivity index (χ2v) is 7.08. The summed E-state index contributed by atoms with van der Waals surface area (Å²) in [4.78, 5) is 25.6. The van der Waals surface area contributed by atoms with Crippen molar-refractivity contribution in [3.8, 4) is 0 Å². The van der Waals surface area contributed by atoms with Crippen molar-refractivity contribution in [2.75, 3.05) is 7.05 Å². The highest BCUT2D eigenvalue weighted by Crippen LogP contribution is 2.15. The Hall–Kier alpha value is -1.10. The quantitative estimate of drug-likeness (QED) is 0.743. The number of rotatable bonds is 4. The van der Waals surface area contributed by atoms with E-state index in [-0.39, 0.29) is 11.9 Å².